The Morgan fingerprint density at radius 2 is 2.04 bits per heavy atom. The maximum Gasteiger partial charge on any atom is 0.164 e. The summed E-state index contributed by atoms with van der Waals surface area (Å²) in [4.78, 5) is 12.1. The van der Waals surface area contributed by atoms with Crippen LogP contribution in [0.1, 0.15) is 19.9 Å². The molecule has 24 heavy (non-hydrogen) atoms. The number of nitrogens with one attached hydrogen (secondary N) is 2. The van der Waals surface area contributed by atoms with Gasteiger partial charge in [-0.1, -0.05) is 0 Å². The Bertz CT molecular complexity index is 1050. The highest BCUT2D eigenvalue weighted by Gasteiger charge is 2.20. The van der Waals surface area contributed by atoms with Gasteiger partial charge in [0, 0.05) is 24.0 Å². The van der Waals surface area contributed by atoms with Gasteiger partial charge in [-0.05, 0) is 38.1 Å². The molecule has 1 aromatic carbocycles. The average molecular weight is 322 g/mol. The second-order valence-corrected chi connectivity index (χ2v) is 6.01. The normalized spacial score (nSPS) is 11.7. The lowest BCUT2D eigenvalue weighted by molar-refractivity contribution is 0.476. The minimum atomic E-state index is 0.175. The Morgan fingerprint density at radius 1 is 1.21 bits per heavy atom. The Balaban J connectivity index is 2.04. The number of hydrogen-bond acceptors (Lipinski definition) is 5. The van der Waals surface area contributed by atoms with Crippen LogP contribution in [-0.4, -0.2) is 36.9 Å². The molecule has 0 unspecified atom stereocenters. The number of phenols is 1. The first-order chi connectivity index (χ1) is 11.6. The molecule has 0 saturated heterocycles. The summed E-state index contributed by atoms with van der Waals surface area (Å²) in [5.41, 5.74) is 3.39. The van der Waals surface area contributed by atoms with Crippen molar-refractivity contribution in [3.8, 4) is 17.1 Å². The molecule has 0 fully saturated rings. The number of benzene rings is 1. The van der Waals surface area contributed by atoms with Gasteiger partial charge < -0.3 is 15.4 Å². The zero-order valence-corrected chi connectivity index (χ0v) is 13.7. The summed E-state index contributed by atoms with van der Waals surface area (Å²) in [6.45, 7) is 4.14. The molecule has 0 amide bonds. The second kappa shape index (κ2) is 5.23. The highest BCUT2D eigenvalue weighted by Crippen LogP contribution is 2.34. The van der Waals surface area contributed by atoms with Crippen LogP contribution >= 0.6 is 0 Å². The lowest BCUT2D eigenvalue weighted by Gasteiger charge is -2.06. The highest BCUT2D eigenvalue weighted by molar-refractivity contribution is 6.00. The molecule has 0 saturated carbocycles. The molecule has 0 bridgehead atoms. The number of phenolic OH excluding ortho intramolecular Hbond substituents is 1. The van der Waals surface area contributed by atoms with Gasteiger partial charge in [0.05, 0.1) is 11.1 Å². The molecule has 0 spiro atoms. The quantitative estimate of drug-likeness (QED) is 0.538. The Labute approximate surface area is 138 Å². The topological polar surface area (TPSA) is 91.7 Å². The third-order valence-corrected chi connectivity index (χ3v) is 4.07. The predicted octanol–water partition coefficient (Wildman–Crippen LogP) is 3.30. The van der Waals surface area contributed by atoms with E-state index in [0.29, 0.717) is 0 Å². The fourth-order valence-electron chi connectivity index (χ4n) is 2.96. The third-order valence-electron chi connectivity index (χ3n) is 4.07. The van der Waals surface area contributed by atoms with E-state index in [1.807, 2.05) is 23.9 Å². The van der Waals surface area contributed by atoms with Gasteiger partial charge in [0.2, 0.25) is 0 Å². The summed E-state index contributed by atoms with van der Waals surface area (Å²) in [6.07, 6.45) is 1.54. The number of aromatic nitrogens is 5. The van der Waals surface area contributed by atoms with Gasteiger partial charge in [-0.25, -0.2) is 14.6 Å². The summed E-state index contributed by atoms with van der Waals surface area (Å²) < 4.78 is 1.90. The van der Waals surface area contributed by atoms with Gasteiger partial charge in [-0.15, -0.1) is 0 Å². The lowest BCUT2D eigenvalue weighted by Crippen LogP contribution is -2.04. The number of nitrogens with zero attached hydrogens (tertiary/aromatic N) is 4. The third kappa shape index (κ3) is 2.09. The standard InChI is InChI=1S/C17H18N6O/c1-9(2)23-17-14(16(18-3)19-8-20-17)15(22-23)13-7-10-6-11(24)4-5-12(10)21-13/h4-9,21,24H,1-3H3,(H,18,19,20). The van der Waals surface area contributed by atoms with Gasteiger partial charge in [0.1, 0.15) is 23.6 Å². The minimum absolute atomic E-state index is 0.175. The molecule has 0 radical (unpaired) electrons. The molecule has 3 aromatic heterocycles. The molecule has 3 heterocycles. The molecule has 4 aromatic rings. The molecule has 0 atom stereocenters. The first-order valence-corrected chi connectivity index (χ1v) is 7.81. The van der Waals surface area contributed by atoms with Crippen molar-refractivity contribution in [1.82, 2.24) is 24.7 Å². The van der Waals surface area contributed by atoms with Crippen molar-refractivity contribution in [2.24, 2.45) is 0 Å². The van der Waals surface area contributed by atoms with Crippen molar-refractivity contribution in [2.45, 2.75) is 19.9 Å². The SMILES string of the molecule is CNc1ncnc2c1c(-c1cc3cc(O)ccc3[nH]1)nn2C(C)C. The zero-order valence-electron chi connectivity index (χ0n) is 13.7. The fourth-order valence-corrected chi connectivity index (χ4v) is 2.96. The molecule has 4 rings (SSSR count). The van der Waals surface area contributed by atoms with Crippen molar-refractivity contribution < 1.29 is 5.11 Å². The van der Waals surface area contributed by atoms with Crippen LogP contribution in [0.3, 0.4) is 0 Å². The van der Waals surface area contributed by atoms with E-state index >= 15 is 0 Å². The van der Waals surface area contributed by atoms with E-state index in [1.165, 1.54) is 0 Å². The fraction of sp³-hybridized carbons (Fsp3) is 0.235. The van der Waals surface area contributed by atoms with Gasteiger partial charge in [-0.2, -0.15) is 5.10 Å². The maximum absolute atomic E-state index is 9.68. The first kappa shape index (κ1) is 14.5. The van der Waals surface area contributed by atoms with E-state index < -0.39 is 0 Å². The number of fused-ring (bicyclic) bond motifs is 2. The smallest absolute Gasteiger partial charge is 0.164 e. The molecule has 0 aliphatic heterocycles. The van der Waals surface area contributed by atoms with Crippen molar-refractivity contribution in [3.63, 3.8) is 0 Å². The van der Waals surface area contributed by atoms with E-state index in [2.05, 4.69) is 34.1 Å². The lowest BCUT2D eigenvalue weighted by atomic mass is 10.2. The molecule has 0 aliphatic rings. The summed E-state index contributed by atoms with van der Waals surface area (Å²) in [5.74, 6) is 0.980. The van der Waals surface area contributed by atoms with Crippen LogP contribution < -0.4 is 5.32 Å². The van der Waals surface area contributed by atoms with Gasteiger partial charge >= 0.3 is 0 Å². The Hall–Kier alpha value is -3.09. The van der Waals surface area contributed by atoms with Crippen molar-refractivity contribution in [2.75, 3.05) is 12.4 Å². The largest absolute Gasteiger partial charge is 0.508 e. The molecular formula is C17H18N6O. The monoisotopic (exact) mass is 322 g/mol. The predicted molar refractivity (Wildman–Crippen MR) is 94.2 cm³/mol. The average Bonchev–Trinajstić information content (AvgIpc) is 3.14. The molecule has 122 valence electrons. The minimum Gasteiger partial charge on any atom is -0.508 e. The number of H-pyrrole nitrogens is 1. The van der Waals surface area contributed by atoms with Gasteiger partial charge in [0.25, 0.3) is 0 Å². The van der Waals surface area contributed by atoms with Crippen LogP contribution in [0.25, 0.3) is 33.3 Å². The second-order valence-electron chi connectivity index (χ2n) is 6.01. The van der Waals surface area contributed by atoms with E-state index in [1.54, 1.807) is 18.5 Å². The zero-order chi connectivity index (χ0) is 16.8. The number of aromatic amines is 1. The van der Waals surface area contributed by atoms with Crippen LogP contribution in [-0.2, 0) is 0 Å². The van der Waals surface area contributed by atoms with Crippen molar-refractivity contribution >= 4 is 27.8 Å². The first-order valence-electron chi connectivity index (χ1n) is 7.81. The maximum atomic E-state index is 9.68. The van der Waals surface area contributed by atoms with Crippen molar-refractivity contribution in [3.05, 3.63) is 30.6 Å². The van der Waals surface area contributed by atoms with Gasteiger partial charge in [0.15, 0.2) is 5.65 Å². The van der Waals surface area contributed by atoms with Crippen LogP contribution in [0.5, 0.6) is 5.75 Å². The molecule has 7 heteroatoms. The van der Waals surface area contributed by atoms with Gasteiger partial charge in [-0.3, -0.25) is 0 Å². The molecule has 3 N–H and O–H groups in total. The molecule has 0 aliphatic carbocycles. The van der Waals surface area contributed by atoms with E-state index in [9.17, 15) is 5.11 Å². The number of rotatable bonds is 3. The highest BCUT2D eigenvalue weighted by atomic mass is 16.3. The van der Waals surface area contributed by atoms with Crippen LogP contribution in [0.2, 0.25) is 0 Å². The number of aromatic hydroxyl groups is 1. The van der Waals surface area contributed by atoms with E-state index in [0.717, 1.165) is 39.1 Å². The van der Waals surface area contributed by atoms with E-state index in [-0.39, 0.29) is 11.8 Å². The van der Waals surface area contributed by atoms with Crippen LogP contribution in [0, 0.1) is 0 Å². The molecule has 7 nitrogen and oxygen atoms in total. The van der Waals surface area contributed by atoms with Crippen molar-refractivity contribution in [1.29, 1.82) is 0 Å². The summed E-state index contributed by atoms with van der Waals surface area (Å²) in [5, 5.41) is 19.4. The molecular weight excluding hydrogens is 304 g/mol. The number of hydrogen-bond donors (Lipinski definition) is 3. The summed E-state index contributed by atoms with van der Waals surface area (Å²) >= 11 is 0. The number of anilines is 1. The van der Waals surface area contributed by atoms with Crippen LogP contribution in [0.15, 0.2) is 30.6 Å². The summed E-state index contributed by atoms with van der Waals surface area (Å²) in [7, 11) is 1.83. The summed E-state index contributed by atoms with van der Waals surface area (Å²) in [6, 6.07) is 7.40. The van der Waals surface area contributed by atoms with E-state index in [4.69, 9.17) is 5.10 Å². The Kier molecular flexibility index (Phi) is 3.16. The Morgan fingerprint density at radius 3 is 2.79 bits per heavy atom. The van der Waals surface area contributed by atoms with Crippen LogP contribution in [0.4, 0.5) is 5.82 Å².